The van der Waals surface area contributed by atoms with Crippen LogP contribution in [0.5, 0.6) is 11.5 Å². The molecule has 0 fully saturated rings. The lowest BCUT2D eigenvalue weighted by molar-refractivity contribution is -0.136. The van der Waals surface area contributed by atoms with Gasteiger partial charge in [0.1, 0.15) is 0 Å². The number of esters is 1. The van der Waals surface area contributed by atoms with Gasteiger partial charge in [-0.1, -0.05) is 12.1 Å². The summed E-state index contributed by atoms with van der Waals surface area (Å²) in [6.07, 6.45) is 3.75. The number of carbonyl (C=O) groups excluding carboxylic acids is 2. The zero-order chi connectivity index (χ0) is 16.8. The third kappa shape index (κ3) is 4.23. The Bertz CT molecular complexity index is 749. The van der Waals surface area contributed by atoms with E-state index >= 15 is 0 Å². The van der Waals surface area contributed by atoms with Crippen LogP contribution in [-0.2, 0) is 9.53 Å². The quantitative estimate of drug-likeness (QED) is 0.473. The minimum Gasteiger partial charge on any atom is -0.490 e. The molecule has 1 aliphatic rings. The molecule has 2 heterocycles. The average molecular weight is 344 g/mol. The van der Waals surface area contributed by atoms with Crippen molar-refractivity contribution in [1.29, 1.82) is 0 Å². The Morgan fingerprint density at radius 3 is 2.79 bits per heavy atom. The molecule has 3 rings (SSSR count). The van der Waals surface area contributed by atoms with Gasteiger partial charge in [-0.25, -0.2) is 4.79 Å². The summed E-state index contributed by atoms with van der Waals surface area (Å²) >= 11 is 1.32. The van der Waals surface area contributed by atoms with E-state index in [1.165, 1.54) is 17.4 Å². The van der Waals surface area contributed by atoms with E-state index in [4.69, 9.17) is 14.2 Å². The summed E-state index contributed by atoms with van der Waals surface area (Å²) in [5, 5.41) is 1.80. The summed E-state index contributed by atoms with van der Waals surface area (Å²) in [7, 11) is 0. The summed E-state index contributed by atoms with van der Waals surface area (Å²) in [6.45, 7) is 0.977. The lowest BCUT2D eigenvalue weighted by Crippen LogP contribution is -2.11. The monoisotopic (exact) mass is 344 g/mol. The number of carbonyl (C=O) groups is 2. The van der Waals surface area contributed by atoms with Crippen LogP contribution in [0.2, 0.25) is 0 Å². The highest BCUT2D eigenvalue weighted by Gasteiger charge is 2.11. The number of ketones is 1. The number of benzene rings is 1. The lowest BCUT2D eigenvalue weighted by Gasteiger charge is -2.07. The molecule has 0 N–H and O–H groups in total. The number of fused-ring (bicyclic) bond motifs is 1. The SMILES string of the molecule is O=C(/C=C/c1ccc2c(c1)OCCCO2)OCC(=O)c1cccs1. The Labute approximate surface area is 143 Å². The van der Waals surface area contributed by atoms with Crippen LogP contribution in [0.4, 0.5) is 0 Å². The molecular weight excluding hydrogens is 328 g/mol. The maximum Gasteiger partial charge on any atom is 0.331 e. The summed E-state index contributed by atoms with van der Waals surface area (Å²) in [5.41, 5.74) is 0.792. The smallest absolute Gasteiger partial charge is 0.331 e. The second-order valence-electron chi connectivity index (χ2n) is 5.10. The van der Waals surface area contributed by atoms with Crippen LogP contribution in [0.3, 0.4) is 0 Å². The molecule has 0 aliphatic carbocycles. The Kier molecular flexibility index (Phi) is 5.28. The summed E-state index contributed by atoms with van der Waals surface area (Å²) in [4.78, 5) is 24.1. The number of ether oxygens (including phenoxy) is 3. The number of thiophene rings is 1. The molecule has 1 aliphatic heterocycles. The fourth-order valence-electron chi connectivity index (χ4n) is 2.14. The Morgan fingerprint density at radius 1 is 1.17 bits per heavy atom. The van der Waals surface area contributed by atoms with Gasteiger partial charge in [0, 0.05) is 12.5 Å². The molecule has 0 bridgehead atoms. The van der Waals surface area contributed by atoms with Gasteiger partial charge in [0.2, 0.25) is 5.78 Å². The zero-order valence-corrected chi connectivity index (χ0v) is 13.7. The van der Waals surface area contributed by atoms with Crippen molar-refractivity contribution in [2.24, 2.45) is 0 Å². The van der Waals surface area contributed by atoms with Gasteiger partial charge >= 0.3 is 5.97 Å². The first kappa shape index (κ1) is 16.3. The van der Waals surface area contributed by atoms with Gasteiger partial charge in [0.25, 0.3) is 0 Å². The summed E-state index contributed by atoms with van der Waals surface area (Å²) < 4.78 is 16.1. The predicted molar refractivity (Wildman–Crippen MR) is 90.7 cm³/mol. The second-order valence-corrected chi connectivity index (χ2v) is 6.05. The van der Waals surface area contributed by atoms with E-state index < -0.39 is 5.97 Å². The van der Waals surface area contributed by atoms with Crippen molar-refractivity contribution in [3.8, 4) is 11.5 Å². The highest BCUT2D eigenvalue weighted by atomic mass is 32.1. The molecule has 24 heavy (non-hydrogen) atoms. The van der Waals surface area contributed by atoms with Crippen molar-refractivity contribution in [3.63, 3.8) is 0 Å². The van der Waals surface area contributed by atoms with Gasteiger partial charge in [-0.3, -0.25) is 4.79 Å². The van der Waals surface area contributed by atoms with Crippen LogP contribution < -0.4 is 9.47 Å². The third-order valence-electron chi connectivity index (χ3n) is 3.32. The number of hydrogen-bond acceptors (Lipinski definition) is 6. The van der Waals surface area contributed by atoms with Crippen molar-refractivity contribution in [3.05, 3.63) is 52.2 Å². The first-order chi connectivity index (χ1) is 11.7. The largest absolute Gasteiger partial charge is 0.490 e. The first-order valence-electron chi connectivity index (χ1n) is 7.53. The molecule has 0 radical (unpaired) electrons. The molecule has 1 aromatic heterocycles. The van der Waals surface area contributed by atoms with E-state index in [0.29, 0.717) is 29.6 Å². The molecule has 1 aromatic carbocycles. The molecule has 124 valence electrons. The van der Waals surface area contributed by atoms with Crippen LogP contribution in [-0.4, -0.2) is 31.6 Å². The van der Waals surface area contributed by atoms with E-state index in [9.17, 15) is 9.59 Å². The molecule has 0 amide bonds. The molecule has 0 unspecified atom stereocenters. The molecule has 0 saturated carbocycles. The Morgan fingerprint density at radius 2 is 2.00 bits per heavy atom. The fraction of sp³-hybridized carbons (Fsp3) is 0.222. The minimum absolute atomic E-state index is 0.206. The van der Waals surface area contributed by atoms with E-state index in [1.54, 1.807) is 29.7 Å². The normalized spacial score (nSPS) is 13.5. The van der Waals surface area contributed by atoms with E-state index in [0.717, 1.165) is 12.0 Å². The molecule has 0 atom stereocenters. The van der Waals surface area contributed by atoms with E-state index in [1.807, 2.05) is 12.1 Å². The zero-order valence-electron chi connectivity index (χ0n) is 12.9. The summed E-state index contributed by atoms with van der Waals surface area (Å²) in [5.74, 6) is 0.596. The lowest BCUT2D eigenvalue weighted by atomic mass is 10.2. The second kappa shape index (κ2) is 7.79. The first-order valence-corrected chi connectivity index (χ1v) is 8.41. The number of Topliss-reactive ketones (excluding diaryl/α,β-unsaturated/α-hetero) is 1. The highest BCUT2D eigenvalue weighted by molar-refractivity contribution is 7.12. The van der Waals surface area contributed by atoms with Gasteiger partial charge in [-0.2, -0.15) is 0 Å². The maximum absolute atomic E-state index is 11.8. The van der Waals surface area contributed by atoms with Gasteiger partial charge in [-0.15, -0.1) is 11.3 Å². The molecule has 2 aromatic rings. The standard InChI is InChI=1S/C18H16O5S/c19-14(17-3-1-10-24-17)12-23-18(20)7-5-13-4-6-15-16(11-13)22-9-2-8-21-15/h1,3-7,10-11H,2,8-9,12H2/b7-5+. The van der Waals surface area contributed by atoms with Gasteiger partial charge in [0.05, 0.1) is 18.1 Å². The molecule has 5 nitrogen and oxygen atoms in total. The van der Waals surface area contributed by atoms with Gasteiger partial charge in [-0.05, 0) is 35.2 Å². The van der Waals surface area contributed by atoms with Crippen LogP contribution >= 0.6 is 11.3 Å². The van der Waals surface area contributed by atoms with Crippen LogP contribution in [0.1, 0.15) is 21.7 Å². The van der Waals surface area contributed by atoms with Crippen LogP contribution in [0.15, 0.2) is 41.8 Å². The van der Waals surface area contributed by atoms with Crippen molar-refractivity contribution in [2.45, 2.75) is 6.42 Å². The number of hydrogen-bond donors (Lipinski definition) is 0. The predicted octanol–water partition coefficient (Wildman–Crippen LogP) is 3.35. The van der Waals surface area contributed by atoms with Gasteiger partial charge < -0.3 is 14.2 Å². The third-order valence-corrected chi connectivity index (χ3v) is 4.24. The topological polar surface area (TPSA) is 61.8 Å². The minimum atomic E-state index is -0.563. The molecule has 0 spiro atoms. The molecule has 0 saturated heterocycles. The highest BCUT2D eigenvalue weighted by Crippen LogP contribution is 2.30. The maximum atomic E-state index is 11.8. The van der Waals surface area contributed by atoms with Crippen LogP contribution in [0.25, 0.3) is 6.08 Å². The fourth-order valence-corrected chi connectivity index (χ4v) is 2.79. The Hall–Kier alpha value is -2.60. The van der Waals surface area contributed by atoms with Crippen molar-refractivity contribution >= 4 is 29.2 Å². The van der Waals surface area contributed by atoms with Gasteiger partial charge in [0.15, 0.2) is 18.1 Å². The molecular formula is C18H16O5S. The van der Waals surface area contributed by atoms with Crippen molar-refractivity contribution < 1.29 is 23.8 Å². The summed E-state index contributed by atoms with van der Waals surface area (Å²) in [6, 6.07) is 8.93. The Balaban J connectivity index is 1.56. The van der Waals surface area contributed by atoms with Crippen LogP contribution in [0, 0.1) is 0 Å². The van der Waals surface area contributed by atoms with E-state index in [2.05, 4.69) is 0 Å². The van der Waals surface area contributed by atoms with Crippen molar-refractivity contribution in [1.82, 2.24) is 0 Å². The molecule has 6 heteroatoms. The van der Waals surface area contributed by atoms with Crippen molar-refractivity contribution in [2.75, 3.05) is 19.8 Å². The number of rotatable bonds is 5. The van der Waals surface area contributed by atoms with E-state index in [-0.39, 0.29) is 12.4 Å². The average Bonchev–Trinajstić information content (AvgIpc) is 3.03.